The lowest BCUT2D eigenvalue weighted by molar-refractivity contribution is -0.00948. The van der Waals surface area contributed by atoms with Gasteiger partial charge in [-0.3, -0.25) is 4.90 Å². The first-order chi connectivity index (χ1) is 7.86. The Kier molecular flexibility index (Phi) is 3.51. The highest BCUT2D eigenvalue weighted by Gasteiger charge is 2.44. The van der Waals surface area contributed by atoms with E-state index in [0.29, 0.717) is 18.9 Å². The molecule has 0 amide bonds. The Balaban J connectivity index is 1.94. The van der Waals surface area contributed by atoms with E-state index in [9.17, 15) is 13.5 Å². The molecule has 0 spiro atoms. The second kappa shape index (κ2) is 4.50. The molecule has 0 aromatic rings. The Labute approximate surface area is 103 Å². The zero-order valence-corrected chi connectivity index (χ0v) is 11.1. The van der Waals surface area contributed by atoms with Gasteiger partial charge in [-0.05, 0) is 32.2 Å². The van der Waals surface area contributed by atoms with Crippen molar-refractivity contribution in [3.63, 3.8) is 0 Å². The number of nitrogens with two attached hydrogens (primary N) is 1. The number of sulfone groups is 1. The van der Waals surface area contributed by atoms with Gasteiger partial charge in [-0.25, -0.2) is 8.42 Å². The maximum absolute atomic E-state index is 11.4. The molecule has 1 aliphatic heterocycles. The number of aliphatic hydroxyl groups is 1. The minimum absolute atomic E-state index is 0.0387. The van der Waals surface area contributed by atoms with Gasteiger partial charge in [-0.1, -0.05) is 0 Å². The molecule has 1 heterocycles. The van der Waals surface area contributed by atoms with Crippen LogP contribution in [0.2, 0.25) is 0 Å². The summed E-state index contributed by atoms with van der Waals surface area (Å²) in [6.07, 6.45) is 2.74. The van der Waals surface area contributed by atoms with Crippen molar-refractivity contribution < 1.29 is 13.5 Å². The second-order valence-electron chi connectivity index (χ2n) is 5.55. The van der Waals surface area contributed by atoms with E-state index in [1.807, 2.05) is 11.9 Å². The molecule has 2 aliphatic rings. The first-order valence-corrected chi connectivity index (χ1v) is 8.01. The van der Waals surface area contributed by atoms with Crippen LogP contribution in [0.3, 0.4) is 0 Å². The van der Waals surface area contributed by atoms with Crippen LogP contribution in [0.4, 0.5) is 0 Å². The fourth-order valence-electron chi connectivity index (χ4n) is 2.66. The van der Waals surface area contributed by atoms with E-state index in [-0.39, 0.29) is 24.1 Å². The molecule has 2 atom stereocenters. The van der Waals surface area contributed by atoms with Gasteiger partial charge < -0.3 is 10.8 Å². The third-order valence-electron chi connectivity index (χ3n) is 4.05. The van der Waals surface area contributed by atoms with Crippen LogP contribution in [0.25, 0.3) is 0 Å². The lowest BCUT2D eigenvalue weighted by Crippen LogP contribution is -2.51. The molecule has 0 aromatic carbocycles. The topological polar surface area (TPSA) is 83.6 Å². The van der Waals surface area contributed by atoms with Crippen LogP contribution in [-0.4, -0.2) is 61.7 Å². The van der Waals surface area contributed by atoms with Crippen LogP contribution in [0, 0.1) is 5.92 Å². The zero-order chi connectivity index (χ0) is 12.7. The predicted octanol–water partition coefficient (Wildman–Crippen LogP) is -0.795. The molecule has 1 saturated carbocycles. The normalized spacial score (nSPS) is 31.6. The highest BCUT2D eigenvalue weighted by atomic mass is 32.2. The van der Waals surface area contributed by atoms with Crippen molar-refractivity contribution in [3.05, 3.63) is 0 Å². The standard InChI is InChI=1S/C11H22N2O3S/c1-13(10-4-5-17(15,16)6-10)8-11(14,7-12)9-2-3-9/h9-10,14H,2-8,12H2,1H3. The minimum atomic E-state index is -2.86. The molecule has 6 heteroatoms. The van der Waals surface area contributed by atoms with E-state index < -0.39 is 15.4 Å². The molecule has 1 saturated heterocycles. The highest BCUT2D eigenvalue weighted by molar-refractivity contribution is 7.91. The highest BCUT2D eigenvalue weighted by Crippen LogP contribution is 2.39. The van der Waals surface area contributed by atoms with Crippen LogP contribution in [-0.2, 0) is 9.84 Å². The van der Waals surface area contributed by atoms with Crippen molar-refractivity contribution in [1.82, 2.24) is 4.90 Å². The molecule has 1 aliphatic carbocycles. The molecule has 2 fully saturated rings. The van der Waals surface area contributed by atoms with Gasteiger partial charge in [-0.15, -0.1) is 0 Å². The molecule has 2 rings (SSSR count). The first kappa shape index (κ1) is 13.3. The van der Waals surface area contributed by atoms with Crippen molar-refractivity contribution in [2.45, 2.75) is 30.9 Å². The van der Waals surface area contributed by atoms with Crippen molar-refractivity contribution in [2.24, 2.45) is 11.7 Å². The van der Waals surface area contributed by atoms with E-state index in [1.54, 1.807) is 0 Å². The lowest BCUT2D eigenvalue weighted by Gasteiger charge is -2.34. The fraction of sp³-hybridized carbons (Fsp3) is 1.00. The van der Waals surface area contributed by atoms with Crippen molar-refractivity contribution in [3.8, 4) is 0 Å². The Morgan fingerprint density at radius 1 is 1.41 bits per heavy atom. The van der Waals surface area contributed by atoms with Gasteiger partial charge in [0.15, 0.2) is 9.84 Å². The summed E-state index contributed by atoms with van der Waals surface area (Å²) in [4.78, 5) is 1.97. The van der Waals surface area contributed by atoms with Crippen molar-refractivity contribution in [1.29, 1.82) is 0 Å². The third-order valence-corrected chi connectivity index (χ3v) is 5.80. The molecule has 5 nitrogen and oxygen atoms in total. The minimum Gasteiger partial charge on any atom is -0.387 e. The predicted molar refractivity (Wildman–Crippen MR) is 66.4 cm³/mol. The molecule has 2 unspecified atom stereocenters. The van der Waals surface area contributed by atoms with E-state index in [1.165, 1.54) is 0 Å². The van der Waals surface area contributed by atoms with Gasteiger partial charge in [-0.2, -0.15) is 0 Å². The van der Waals surface area contributed by atoms with Gasteiger partial charge in [0, 0.05) is 19.1 Å². The first-order valence-electron chi connectivity index (χ1n) is 6.19. The van der Waals surface area contributed by atoms with Gasteiger partial charge in [0.05, 0.1) is 17.1 Å². The van der Waals surface area contributed by atoms with E-state index in [0.717, 1.165) is 12.8 Å². The zero-order valence-electron chi connectivity index (χ0n) is 10.3. The number of likely N-dealkylation sites (N-methyl/N-ethyl adjacent to an activating group) is 1. The smallest absolute Gasteiger partial charge is 0.151 e. The molecular formula is C11H22N2O3S. The van der Waals surface area contributed by atoms with Crippen LogP contribution in [0.1, 0.15) is 19.3 Å². The number of hydrogen-bond acceptors (Lipinski definition) is 5. The molecule has 0 bridgehead atoms. The molecule has 100 valence electrons. The average Bonchev–Trinajstić information content (AvgIpc) is 3.03. The molecule has 17 heavy (non-hydrogen) atoms. The van der Waals surface area contributed by atoms with Crippen LogP contribution >= 0.6 is 0 Å². The van der Waals surface area contributed by atoms with Gasteiger partial charge in [0.25, 0.3) is 0 Å². The van der Waals surface area contributed by atoms with Crippen molar-refractivity contribution in [2.75, 3.05) is 31.6 Å². The lowest BCUT2D eigenvalue weighted by atomic mass is 9.96. The number of rotatable bonds is 5. The Hall–Kier alpha value is -0.170. The Bertz CT molecular complexity index is 380. The maximum atomic E-state index is 11.4. The van der Waals surface area contributed by atoms with E-state index in [4.69, 9.17) is 5.73 Å². The SMILES string of the molecule is CN(CC(O)(CN)C1CC1)C1CCS(=O)(=O)C1. The summed E-state index contributed by atoms with van der Waals surface area (Å²) in [6.45, 7) is 0.732. The summed E-state index contributed by atoms with van der Waals surface area (Å²) in [5, 5.41) is 10.4. The molecule has 0 aromatic heterocycles. The monoisotopic (exact) mass is 262 g/mol. The van der Waals surface area contributed by atoms with Gasteiger partial charge >= 0.3 is 0 Å². The summed E-state index contributed by atoms with van der Waals surface area (Å²) >= 11 is 0. The van der Waals surface area contributed by atoms with Gasteiger partial charge in [0.2, 0.25) is 0 Å². The second-order valence-corrected chi connectivity index (χ2v) is 7.78. The summed E-state index contributed by atoms with van der Waals surface area (Å²) in [6, 6.07) is 0.0387. The molecule has 0 radical (unpaired) electrons. The summed E-state index contributed by atoms with van der Waals surface area (Å²) in [7, 11) is -0.979. The van der Waals surface area contributed by atoms with E-state index >= 15 is 0 Å². The number of nitrogens with zero attached hydrogens (tertiary/aromatic N) is 1. The van der Waals surface area contributed by atoms with Gasteiger partial charge in [0.1, 0.15) is 0 Å². The quantitative estimate of drug-likeness (QED) is 0.678. The maximum Gasteiger partial charge on any atom is 0.151 e. The van der Waals surface area contributed by atoms with Crippen LogP contribution in [0.5, 0.6) is 0 Å². The summed E-state index contributed by atoms with van der Waals surface area (Å²) < 4.78 is 22.8. The Morgan fingerprint density at radius 3 is 2.47 bits per heavy atom. The largest absolute Gasteiger partial charge is 0.387 e. The molecular weight excluding hydrogens is 240 g/mol. The summed E-state index contributed by atoms with van der Waals surface area (Å²) in [5.74, 6) is 0.786. The average molecular weight is 262 g/mol. The van der Waals surface area contributed by atoms with E-state index in [2.05, 4.69) is 0 Å². The van der Waals surface area contributed by atoms with Crippen LogP contribution in [0.15, 0.2) is 0 Å². The molecule has 3 N–H and O–H groups in total. The third kappa shape index (κ3) is 2.99. The summed E-state index contributed by atoms with van der Waals surface area (Å²) in [5.41, 5.74) is 4.82. The van der Waals surface area contributed by atoms with Crippen molar-refractivity contribution >= 4 is 9.84 Å². The van der Waals surface area contributed by atoms with Crippen LogP contribution < -0.4 is 5.73 Å². The number of hydrogen-bond donors (Lipinski definition) is 2. The Morgan fingerprint density at radius 2 is 2.06 bits per heavy atom. The fourth-order valence-corrected chi connectivity index (χ4v) is 4.47.